The monoisotopic (exact) mass is 269 g/mol. The van der Waals surface area contributed by atoms with E-state index in [4.69, 9.17) is 15.2 Å². The number of aryl methyl sites for hydroxylation is 1. The molecule has 3 nitrogen and oxygen atoms in total. The zero-order valence-corrected chi connectivity index (χ0v) is 12.0. The van der Waals surface area contributed by atoms with Crippen molar-refractivity contribution in [2.45, 2.75) is 51.4 Å². The lowest BCUT2D eigenvalue weighted by molar-refractivity contribution is -0.0767. The topological polar surface area (TPSA) is 44.5 Å². The summed E-state index contributed by atoms with van der Waals surface area (Å²) in [6, 6.07) is 2.22. The van der Waals surface area contributed by atoms with Crippen molar-refractivity contribution in [2.75, 3.05) is 13.2 Å². The van der Waals surface area contributed by atoms with Gasteiger partial charge in [-0.1, -0.05) is 6.92 Å². The molecule has 0 amide bonds. The van der Waals surface area contributed by atoms with Gasteiger partial charge in [-0.15, -0.1) is 11.3 Å². The van der Waals surface area contributed by atoms with Crippen LogP contribution in [0.2, 0.25) is 0 Å². The number of hydrogen-bond acceptors (Lipinski definition) is 4. The van der Waals surface area contributed by atoms with Gasteiger partial charge in [-0.2, -0.15) is 0 Å². The third-order valence-electron chi connectivity index (χ3n) is 3.53. The molecule has 0 radical (unpaired) electrons. The van der Waals surface area contributed by atoms with Crippen LogP contribution in [-0.4, -0.2) is 25.4 Å². The fourth-order valence-electron chi connectivity index (χ4n) is 2.27. The van der Waals surface area contributed by atoms with Crippen molar-refractivity contribution in [2.24, 2.45) is 5.73 Å². The highest BCUT2D eigenvalue weighted by Crippen LogP contribution is 2.32. The molecule has 0 aromatic carbocycles. The molecule has 0 spiro atoms. The minimum atomic E-state index is 0.0399. The Hall–Kier alpha value is -0.420. The van der Waals surface area contributed by atoms with E-state index in [1.165, 1.54) is 10.4 Å². The Bertz CT molecular complexity index is 360. The number of ether oxygens (including phenoxy) is 2. The van der Waals surface area contributed by atoms with Crippen molar-refractivity contribution < 1.29 is 9.47 Å². The van der Waals surface area contributed by atoms with Crippen LogP contribution in [0.15, 0.2) is 11.4 Å². The average Bonchev–Trinajstić information content (AvgIpc) is 2.82. The minimum Gasteiger partial charge on any atom is -0.381 e. The molecule has 2 atom stereocenters. The van der Waals surface area contributed by atoms with Gasteiger partial charge in [0, 0.05) is 24.1 Å². The molecule has 2 unspecified atom stereocenters. The van der Waals surface area contributed by atoms with Crippen LogP contribution in [-0.2, 0) is 9.47 Å². The van der Waals surface area contributed by atoms with E-state index >= 15 is 0 Å². The summed E-state index contributed by atoms with van der Waals surface area (Å²) < 4.78 is 11.6. The molecule has 4 heteroatoms. The van der Waals surface area contributed by atoms with E-state index in [0.717, 1.165) is 32.5 Å². The van der Waals surface area contributed by atoms with Crippen LogP contribution < -0.4 is 5.73 Å². The molecule has 1 aromatic heterocycles. The highest BCUT2D eigenvalue weighted by molar-refractivity contribution is 7.10. The van der Waals surface area contributed by atoms with E-state index in [-0.39, 0.29) is 12.1 Å². The van der Waals surface area contributed by atoms with Crippen LogP contribution in [0.3, 0.4) is 0 Å². The largest absolute Gasteiger partial charge is 0.381 e. The van der Waals surface area contributed by atoms with Gasteiger partial charge < -0.3 is 15.2 Å². The van der Waals surface area contributed by atoms with Gasteiger partial charge in [0.15, 0.2) is 0 Å². The Labute approximate surface area is 113 Å². The van der Waals surface area contributed by atoms with Crippen LogP contribution in [0.4, 0.5) is 0 Å². The summed E-state index contributed by atoms with van der Waals surface area (Å²) in [7, 11) is 0. The number of hydrogen-bond donors (Lipinski definition) is 1. The van der Waals surface area contributed by atoms with E-state index < -0.39 is 0 Å². The first kappa shape index (κ1) is 14.0. The summed E-state index contributed by atoms with van der Waals surface area (Å²) >= 11 is 1.75. The van der Waals surface area contributed by atoms with Crippen molar-refractivity contribution in [1.29, 1.82) is 0 Å². The van der Waals surface area contributed by atoms with Crippen LogP contribution in [0.5, 0.6) is 0 Å². The molecular weight excluding hydrogens is 246 g/mol. The summed E-state index contributed by atoms with van der Waals surface area (Å²) in [5.41, 5.74) is 7.54. The van der Waals surface area contributed by atoms with E-state index in [0.29, 0.717) is 6.10 Å². The second-order valence-electron chi connectivity index (χ2n) is 4.91. The highest BCUT2D eigenvalue weighted by atomic mass is 32.1. The first-order valence-corrected chi connectivity index (χ1v) is 7.63. The molecule has 1 fully saturated rings. The van der Waals surface area contributed by atoms with Crippen molar-refractivity contribution in [1.82, 2.24) is 0 Å². The zero-order valence-electron chi connectivity index (χ0n) is 11.2. The number of thiophene rings is 1. The first-order chi connectivity index (χ1) is 8.72. The lowest BCUT2D eigenvalue weighted by atomic mass is 10.0. The van der Waals surface area contributed by atoms with Gasteiger partial charge in [-0.05, 0) is 43.2 Å². The van der Waals surface area contributed by atoms with Crippen LogP contribution in [0.1, 0.15) is 42.7 Å². The van der Waals surface area contributed by atoms with Crippen molar-refractivity contribution in [3.05, 3.63) is 21.9 Å². The average molecular weight is 269 g/mol. The second-order valence-corrected chi connectivity index (χ2v) is 5.86. The minimum absolute atomic E-state index is 0.0399. The molecule has 2 heterocycles. The number of rotatable bonds is 5. The Morgan fingerprint density at radius 3 is 2.78 bits per heavy atom. The Morgan fingerprint density at radius 2 is 2.22 bits per heavy atom. The van der Waals surface area contributed by atoms with Gasteiger partial charge >= 0.3 is 0 Å². The summed E-state index contributed by atoms with van der Waals surface area (Å²) in [5.74, 6) is 0. The predicted molar refractivity (Wildman–Crippen MR) is 75.0 cm³/mol. The zero-order chi connectivity index (χ0) is 13.0. The fraction of sp³-hybridized carbons (Fsp3) is 0.714. The Morgan fingerprint density at radius 1 is 1.50 bits per heavy atom. The smallest absolute Gasteiger partial charge is 0.107 e. The third kappa shape index (κ3) is 3.32. The van der Waals surface area contributed by atoms with E-state index in [1.807, 2.05) is 0 Å². The van der Waals surface area contributed by atoms with Gasteiger partial charge in [0.1, 0.15) is 6.10 Å². The Kier molecular flexibility index (Phi) is 5.18. The molecular formula is C14H23NO2S. The quantitative estimate of drug-likeness (QED) is 0.893. The number of nitrogens with two attached hydrogens (primary N) is 1. The lowest BCUT2D eigenvalue weighted by Crippen LogP contribution is -2.34. The maximum Gasteiger partial charge on any atom is 0.107 e. The molecule has 0 bridgehead atoms. The molecule has 1 aromatic rings. The molecule has 1 aliphatic heterocycles. The SMILES string of the molecule is CCC(N)C(OC1CCOCC1)c1sccc1C. The summed E-state index contributed by atoms with van der Waals surface area (Å²) in [5, 5.41) is 2.12. The van der Waals surface area contributed by atoms with Gasteiger partial charge in [0.25, 0.3) is 0 Å². The summed E-state index contributed by atoms with van der Waals surface area (Å²) in [6.07, 6.45) is 3.24. The van der Waals surface area contributed by atoms with Crippen molar-refractivity contribution in [3.8, 4) is 0 Å². The maximum absolute atomic E-state index is 6.27. The highest BCUT2D eigenvalue weighted by Gasteiger charge is 2.26. The van der Waals surface area contributed by atoms with Crippen molar-refractivity contribution >= 4 is 11.3 Å². The molecule has 18 heavy (non-hydrogen) atoms. The molecule has 0 aliphatic carbocycles. The fourth-order valence-corrected chi connectivity index (χ4v) is 3.30. The van der Waals surface area contributed by atoms with Gasteiger partial charge in [0.2, 0.25) is 0 Å². The summed E-state index contributed by atoms with van der Waals surface area (Å²) in [6.45, 7) is 5.87. The van der Waals surface area contributed by atoms with Crippen molar-refractivity contribution in [3.63, 3.8) is 0 Å². The summed E-state index contributed by atoms with van der Waals surface area (Å²) in [4.78, 5) is 1.29. The third-order valence-corrected chi connectivity index (χ3v) is 4.61. The van der Waals surface area contributed by atoms with Gasteiger partial charge in [-0.3, -0.25) is 0 Å². The van der Waals surface area contributed by atoms with E-state index in [1.54, 1.807) is 11.3 Å². The predicted octanol–water partition coefficient (Wildman–Crippen LogP) is 3.03. The van der Waals surface area contributed by atoms with Crippen LogP contribution in [0, 0.1) is 6.92 Å². The molecule has 2 N–H and O–H groups in total. The lowest BCUT2D eigenvalue weighted by Gasteiger charge is -2.30. The van der Waals surface area contributed by atoms with E-state index in [9.17, 15) is 0 Å². The Balaban J connectivity index is 2.07. The normalized spacial score (nSPS) is 20.8. The molecule has 2 rings (SSSR count). The van der Waals surface area contributed by atoms with E-state index in [2.05, 4.69) is 25.3 Å². The van der Waals surface area contributed by atoms with Crippen LogP contribution >= 0.6 is 11.3 Å². The second kappa shape index (κ2) is 6.66. The van der Waals surface area contributed by atoms with Gasteiger partial charge in [-0.25, -0.2) is 0 Å². The van der Waals surface area contributed by atoms with Crippen LogP contribution in [0.25, 0.3) is 0 Å². The molecule has 102 valence electrons. The molecule has 0 saturated carbocycles. The first-order valence-electron chi connectivity index (χ1n) is 6.75. The molecule has 1 saturated heterocycles. The van der Waals surface area contributed by atoms with Gasteiger partial charge in [0.05, 0.1) is 6.10 Å². The maximum atomic E-state index is 6.27. The standard InChI is InChI=1S/C14H23NO2S/c1-3-12(15)13(14-10(2)6-9-18-14)17-11-4-7-16-8-5-11/h6,9,11-13H,3-5,7-8,15H2,1-2H3. The molecule has 1 aliphatic rings.